The van der Waals surface area contributed by atoms with E-state index in [0.29, 0.717) is 5.56 Å². The molecule has 3 rings (SSSR count). The topological polar surface area (TPSA) is 29.1 Å². The molecule has 0 aliphatic heterocycles. The molecular formula is C20H16BrNO. The molecule has 0 bridgehead atoms. The molecule has 2 nitrogen and oxygen atoms in total. The highest BCUT2D eigenvalue weighted by Gasteiger charge is 2.18. The molecular weight excluding hydrogens is 350 g/mol. The number of amides is 1. The summed E-state index contributed by atoms with van der Waals surface area (Å²) in [7, 11) is 0. The zero-order chi connectivity index (χ0) is 16.1. The maximum atomic E-state index is 12.7. The van der Waals surface area contributed by atoms with E-state index in [1.54, 1.807) is 0 Å². The maximum Gasteiger partial charge on any atom is 0.253 e. The van der Waals surface area contributed by atoms with E-state index in [1.807, 2.05) is 84.9 Å². The standard InChI is InChI=1S/C20H16BrNO/c21-18-14-8-7-13-17(18)20(23)22-19(15-9-3-1-4-10-15)16-11-5-2-6-12-16/h1-14,19H,(H,22,23). The van der Waals surface area contributed by atoms with Gasteiger partial charge in [-0.1, -0.05) is 72.8 Å². The third kappa shape index (κ3) is 3.69. The molecule has 0 aliphatic rings. The molecule has 3 heteroatoms. The first kappa shape index (κ1) is 15.5. The Morgan fingerprint density at radius 2 is 1.22 bits per heavy atom. The summed E-state index contributed by atoms with van der Waals surface area (Å²) in [5, 5.41) is 3.14. The summed E-state index contributed by atoms with van der Waals surface area (Å²) >= 11 is 3.44. The minimum absolute atomic E-state index is 0.102. The van der Waals surface area contributed by atoms with Crippen LogP contribution in [0.1, 0.15) is 27.5 Å². The van der Waals surface area contributed by atoms with Crippen LogP contribution in [0.25, 0.3) is 0 Å². The van der Waals surface area contributed by atoms with Crippen molar-refractivity contribution < 1.29 is 4.79 Å². The van der Waals surface area contributed by atoms with Crippen LogP contribution in [0.3, 0.4) is 0 Å². The highest BCUT2D eigenvalue weighted by molar-refractivity contribution is 9.10. The van der Waals surface area contributed by atoms with Gasteiger partial charge in [-0.25, -0.2) is 0 Å². The number of carbonyl (C=O) groups is 1. The molecule has 0 spiro atoms. The van der Waals surface area contributed by atoms with Crippen molar-refractivity contribution in [1.29, 1.82) is 0 Å². The van der Waals surface area contributed by atoms with E-state index in [2.05, 4.69) is 21.2 Å². The summed E-state index contributed by atoms with van der Waals surface area (Å²) in [4.78, 5) is 12.7. The summed E-state index contributed by atoms with van der Waals surface area (Å²) in [5.41, 5.74) is 2.74. The van der Waals surface area contributed by atoms with Crippen LogP contribution in [0.15, 0.2) is 89.4 Å². The monoisotopic (exact) mass is 365 g/mol. The average Bonchev–Trinajstić information content (AvgIpc) is 2.61. The van der Waals surface area contributed by atoms with Gasteiger partial charge in [-0.3, -0.25) is 4.79 Å². The number of nitrogens with one attached hydrogen (secondary N) is 1. The lowest BCUT2D eigenvalue weighted by Gasteiger charge is -2.20. The zero-order valence-corrected chi connectivity index (χ0v) is 14.0. The van der Waals surface area contributed by atoms with E-state index >= 15 is 0 Å². The first-order chi connectivity index (χ1) is 11.3. The van der Waals surface area contributed by atoms with Gasteiger partial charge in [0.1, 0.15) is 0 Å². The maximum absolute atomic E-state index is 12.7. The second kappa shape index (κ2) is 7.25. The van der Waals surface area contributed by atoms with Crippen LogP contribution in [0, 0.1) is 0 Å². The molecule has 3 aromatic rings. The van der Waals surface area contributed by atoms with E-state index in [1.165, 1.54) is 0 Å². The number of carbonyl (C=O) groups excluding carboxylic acids is 1. The molecule has 1 amide bonds. The fourth-order valence-corrected chi connectivity index (χ4v) is 2.97. The van der Waals surface area contributed by atoms with Crippen LogP contribution in [0.4, 0.5) is 0 Å². The van der Waals surface area contributed by atoms with Gasteiger partial charge in [0, 0.05) is 4.47 Å². The number of rotatable bonds is 4. The molecule has 0 unspecified atom stereocenters. The molecule has 0 fully saturated rings. The number of hydrogen-bond acceptors (Lipinski definition) is 1. The van der Waals surface area contributed by atoms with Crippen molar-refractivity contribution in [3.63, 3.8) is 0 Å². The van der Waals surface area contributed by atoms with E-state index in [0.717, 1.165) is 15.6 Å². The lowest BCUT2D eigenvalue weighted by molar-refractivity contribution is 0.0942. The van der Waals surface area contributed by atoms with Gasteiger partial charge in [0.05, 0.1) is 11.6 Å². The largest absolute Gasteiger partial charge is 0.341 e. The molecule has 0 saturated heterocycles. The van der Waals surface area contributed by atoms with Gasteiger partial charge < -0.3 is 5.32 Å². The molecule has 114 valence electrons. The molecule has 0 saturated carbocycles. The predicted octanol–water partition coefficient (Wildman–Crippen LogP) is 4.97. The minimum Gasteiger partial charge on any atom is -0.341 e. The fourth-order valence-electron chi connectivity index (χ4n) is 2.50. The van der Waals surface area contributed by atoms with E-state index in [9.17, 15) is 4.79 Å². The van der Waals surface area contributed by atoms with Gasteiger partial charge in [0.15, 0.2) is 0 Å². The second-order valence-corrected chi connectivity index (χ2v) is 6.06. The molecule has 0 atom stereocenters. The first-order valence-electron chi connectivity index (χ1n) is 7.41. The van der Waals surface area contributed by atoms with Crippen LogP contribution < -0.4 is 5.32 Å². The van der Waals surface area contributed by atoms with Crippen molar-refractivity contribution in [1.82, 2.24) is 5.32 Å². The van der Waals surface area contributed by atoms with Crippen molar-refractivity contribution in [3.05, 3.63) is 106 Å². The second-order valence-electron chi connectivity index (χ2n) is 5.21. The Hall–Kier alpha value is -2.39. The Labute approximate surface area is 144 Å². The van der Waals surface area contributed by atoms with Crippen LogP contribution in [0.2, 0.25) is 0 Å². The highest BCUT2D eigenvalue weighted by atomic mass is 79.9. The van der Waals surface area contributed by atoms with Gasteiger partial charge in [-0.15, -0.1) is 0 Å². The summed E-state index contributed by atoms with van der Waals surface area (Å²) in [6.45, 7) is 0. The molecule has 0 heterocycles. The fraction of sp³-hybridized carbons (Fsp3) is 0.0500. The normalized spacial score (nSPS) is 10.5. The molecule has 1 N–H and O–H groups in total. The minimum atomic E-state index is -0.183. The van der Waals surface area contributed by atoms with Gasteiger partial charge in [-0.05, 0) is 39.2 Å². The smallest absolute Gasteiger partial charge is 0.253 e. The quantitative estimate of drug-likeness (QED) is 0.694. The average molecular weight is 366 g/mol. The van der Waals surface area contributed by atoms with Crippen LogP contribution in [-0.4, -0.2) is 5.91 Å². The van der Waals surface area contributed by atoms with Crippen molar-refractivity contribution in [3.8, 4) is 0 Å². The Balaban J connectivity index is 1.94. The third-order valence-electron chi connectivity index (χ3n) is 3.66. The van der Waals surface area contributed by atoms with Crippen molar-refractivity contribution in [2.24, 2.45) is 0 Å². The number of benzene rings is 3. The Morgan fingerprint density at radius 1 is 0.739 bits per heavy atom. The first-order valence-corrected chi connectivity index (χ1v) is 8.20. The lowest BCUT2D eigenvalue weighted by Crippen LogP contribution is -2.29. The zero-order valence-electron chi connectivity index (χ0n) is 12.4. The number of hydrogen-bond donors (Lipinski definition) is 1. The molecule has 0 radical (unpaired) electrons. The predicted molar refractivity (Wildman–Crippen MR) is 96.3 cm³/mol. The van der Waals surface area contributed by atoms with Crippen molar-refractivity contribution in [2.45, 2.75) is 6.04 Å². The summed E-state index contributed by atoms with van der Waals surface area (Å²) < 4.78 is 0.789. The molecule has 23 heavy (non-hydrogen) atoms. The van der Waals surface area contributed by atoms with Crippen LogP contribution >= 0.6 is 15.9 Å². The summed E-state index contributed by atoms with van der Waals surface area (Å²) in [6.07, 6.45) is 0. The van der Waals surface area contributed by atoms with Gasteiger partial charge >= 0.3 is 0 Å². The van der Waals surface area contributed by atoms with Crippen LogP contribution in [0.5, 0.6) is 0 Å². The van der Waals surface area contributed by atoms with Crippen LogP contribution in [-0.2, 0) is 0 Å². The number of halogens is 1. The third-order valence-corrected chi connectivity index (χ3v) is 4.35. The molecule has 0 aliphatic carbocycles. The Kier molecular flexibility index (Phi) is 4.89. The summed E-state index contributed by atoms with van der Waals surface area (Å²) in [5.74, 6) is -0.102. The molecule has 3 aromatic carbocycles. The van der Waals surface area contributed by atoms with Gasteiger partial charge in [0.2, 0.25) is 0 Å². The van der Waals surface area contributed by atoms with Gasteiger partial charge in [0.25, 0.3) is 5.91 Å². The SMILES string of the molecule is O=C(NC(c1ccccc1)c1ccccc1)c1ccccc1Br. The van der Waals surface area contributed by atoms with E-state index in [4.69, 9.17) is 0 Å². The van der Waals surface area contributed by atoms with Crippen molar-refractivity contribution in [2.75, 3.05) is 0 Å². The van der Waals surface area contributed by atoms with Crippen molar-refractivity contribution >= 4 is 21.8 Å². The van der Waals surface area contributed by atoms with E-state index in [-0.39, 0.29) is 11.9 Å². The highest BCUT2D eigenvalue weighted by Crippen LogP contribution is 2.23. The van der Waals surface area contributed by atoms with E-state index < -0.39 is 0 Å². The Bertz CT molecular complexity index is 748. The summed E-state index contributed by atoms with van der Waals surface area (Å²) in [6, 6.07) is 27.2. The lowest BCUT2D eigenvalue weighted by atomic mass is 9.98. The molecule has 0 aromatic heterocycles. The Morgan fingerprint density at radius 3 is 1.74 bits per heavy atom. The van der Waals surface area contributed by atoms with Gasteiger partial charge in [-0.2, -0.15) is 0 Å².